The van der Waals surface area contributed by atoms with Gasteiger partial charge in [0.2, 0.25) is 0 Å². The topological polar surface area (TPSA) is 141 Å². The zero-order valence-corrected chi connectivity index (χ0v) is 25.5. The first-order valence-electron chi connectivity index (χ1n) is 15.8. The van der Waals surface area contributed by atoms with Crippen LogP contribution in [0.25, 0.3) is 0 Å². The lowest BCUT2D eigenvalue weighted by atomic mass is 9.42. The van der Waals surface area contributed by atoms with Crippen molar-refractivity contribution in [1.29, 1.82) is 0 Å². The molecule has 0 radical (unpaired) electrons. The van der Waals surface area contributed by atoms with Crippen LogP contribution in [0.2, 0.25) is 0 Å². The van der Waals surface area contributed by atoms with Gasteiger partial charge in [0.05, 0.1) is 17.8 Å². The van der Waals surface area contributed by atoms with Gasteiger partial charge in [-0.2, -0.15) is 0 Å². The Morgan fingerprint density at radius 1 is 1.05 bits per heavy atom. The zero-order valence-electron chi connectivity index (χ0n) is 25.5. The molecule has 0 spiro atoms. The Hall–Kier alpha value is -1.56. The highest BCUT2D eigenvalue weighted by Gasteiger charge is 2.69. The second kappa shape index (κ2) is 10.8. The minimum absolute atomic E-state index is 0.0601. The smallest absolute Gasteiger partial charge is 0.331 e. The number of aliphatic hydroxyl groups excluding tert-OH is 2. The molecule has 0 amide bonds. The van der Waals surface area contributed by atoms with Gasteiger partial charge in [-0.1, -0.05) is 13.8 Å². The van der Waals surface area contributed by atoms with Gasteiger partial charge < -0.3 is 39.0 Å². The van der Waals surface area contributed by atoms with E-state index in [1.165, 1.54) is 14.0 Å². The Morgan fingerprint density at radius 2 is 1.81 bits per heavy atom. The van der Waals surface area contributed by atoms with Crippen molar-refractivity contribution in [1.82, 2.24) is 0 Å². The maximum absolute atomic E-state index is 12.6. The van der Waals surface area contributed by atoms with Crippen LogP contribution in [0, 0.1) is 34.5 Å². The van der Waals surface area contributed by atoms with Gasteiger partial charge in [-0.3, -0.25) is 4.79 Å². The van der Waals surface area contributed by atoms with Crippen LogP contribution in [-0.2, 0) is 33.3 Å². The first-order valence-corrected chi connectivity index (χ1v) is 15.8. The predicted molar refractivity (Wildman–Crippen MR) is 149 cm³/mol. The van der Waals surface area contributed by atoms with Crippen LogP contribution in [0.3, 0.4) is 0 Å². The Balaban J connectivity index is 1.24. The highest BCUT2D eigenvalue weighted by atomic mass is 16.7. The zero-order chi connectivity index (χ0) is 30.2. The summed E-state index contributed by atoms with van der Waals surface area (Å²) in [5, 5.41) is 33.8. The maximum atomic E-state index is 12.6. The molecule has 0 bridgehead atoms. The fourth-order valence-corrected chi connectivity index (χ4v) is 10.5. The second-order valence-electron chi connectivity index (χ2n) is 14.4. The van der Waals surface area contributed by atoms with Crippen LogP contribution in [-0.4, -0.2) is 89.5 Å². The molecule has 4 saturated carbocycles. The van der Waals surface area contributed by atoms with Gasteiger partial charge in [-0.05, 0) is 81.1 Å². The molecule has 42 heavy (non-hydrogen) atoms. The Kier molecular flexibility index (Phi) is 7.84. The average molecular weight is 593 g/mol. The lowest BCUT2D eigenvalue weighted by molar-refractivity contribution is -0.318. The van der Waals surface area contributed by atoms with Crippen LogP contribution in [0.1, 0.15) is 79.1 Å². The van der Waals surface area contributed by atoms with Crippen molar-refractivity contribution >= 4 is 11.9 Å². The second-order valence-corrected chi connectivity index (χ2v) is 14.4. The lowest BCUT2D eigenvalue weighted by Gasteiger charge is -2.65. The van der Waals surface area contributed by atoms with E-state index in [9.17, 15) is 24.9 Å². The van der Waals surface area contributed by atoms with E-state index in [1.54, 1.807) is 13.0 Å². The summed E-state index contributed by atoms with van der Waals surface area (Å²) in [6, 6.07) is 0. The number of hydrogen-bond donors (Lipinski definition) is 3. The summed E-state index contributed by atoms with van der Waals surface area (Å²) in [6.07, 6.45) is 2.58. The number of carbonyl (C=O) groups is 2. The van der Waals surface area contributed by atoms with E-state index in [0.29, 0.717) is 19.4 Å². The van der Waals surface area contributed by atoms with Gasteiger partial charge in [0.1, 0.15) is 31.0 Å². The van der Waals surface area contributed by atoms with Gasteiger partial charge in [0.25, 0.3) is 0 Å². The number of cyclic esters (lactones) is 1. The molecule has 5 fully saturated rings. The van der Waals surface area contributed by atoms with Crippen molar-refractivity contribution in [2.45, 2.75) is 128 Å². The fraction of sp³-hybridized carbons (Fsp3) is 0.875. The Labute approximate surface area is 248 Å². The molecule has 14 atom stereocenters. The molecule has 1 saturated heterocycles. The first kappa shape index (κ1) is 30.5. The lowest BCUT2D eigenvalue weighted by Crippen LogP contribution is -2.66. The molecule has 0 aromatic carbocycles. The van der Waals surface area contributed by atoms with E-state index >= 15 is 0 Å². The highest BCUT2D eigenvalue weighted by Crippen LogP contribution is 2.70. The van der Waals surface area contributed by atoms with Gasteiger partial charge >= 0.3 is 11.9 Å². The van der Waals surface area contributed by atoms with Crippen LogP contribution in [0.4, 0.5) is 0 Å². The number of aliphatic hydroxyl groups is 3. The summed E-state index contributed by atoms with van der Waals surface area (Å²) in [6.45, 7) is 7.93. The summed E-state index contributed by atoms with van der Waals surface area (Å²) >= 11 is 0. The predicted octanol–water partition coefficient (Wildman–Crippen LogP) is 2.65. The molecule has 2 aliphatic heterocycles. The normalized spacial score (nSPS) is 52.0. The minimum Gasteiger partial charge on any atom is -0.462 e. The van der Waals surface area contributed by atoms with Crippen molar-refractivity contribution in [3.05, 3.63) is 11.6 Å². The van der Waals surface area contributed by atoms with Crippen LogP contribution in [0.5, 0.6) is 0 Å². The van der Waals surface area contributed by atoms with E-state index in [-0.39, 0.29) is 52.5 Å². The van der Waals surface area contributed by atoms with Gasteiger partial charge in [-0.25, -0.2) is 4.79 Å². The molecule has 0 aromatic rings. The summed E-state index contributed by atoms with van der Waals surface area (Å²) in [5.41, 5.74) is -0.555. The molecule has 2 heterocycles. The van der Waals surface area contributed by atoms with Crippen LogP contribution < -0.4 is 0 Å². The van der Waals surface area contributed by atoms with Crippen LogP contribution >= 0.6 is 0 Å². The van der Waals surface area contributed by atoms with Gasteiger partial charge in [-0.15, -0.1) is 0 Å². The van der Waals surface area contributed by atoms with Crippen molar-refractivity contribution < 1.29 is 48.6 Å². The number of hydrogen-bond acceptors (Lipinski definition) is 10. The van der Waals surface area contributed by atoms with Crippen molar-refractivity contribution in [2.24, 2.45) is 34.5 Å². The third-order valence-electron chi connectivity index (χ3n) is 12.7. The maximum Gasteiger partial charge on any atom is 0.331 e. The number of ether oxygens (including phenoxy) is 5. The van der Waals surface area contributed by atoms with E-state index < -0.39 is 42.4 Å². The Bertz CT molecular complexity index is 1110. The summed E-state index contributed by atoms with van der Waals surface area (Å²) < 4.78 is 28.9. The van der Waals surface area contributed by atoms with Crippen LogP contribution in [0.15, 0.2) is 11.6 Å². The molecule has 10 nitrogen and oxygen atoms in total. The third kappa shape index (κ3) is 4.50. The SMILES string of the molecule is CO[C@H]1[C@@H](O)[C@H](O[C@@H]2C[C@H]3CC[C@@H]4[C@H](CC[C@]5(C)[C@@H](C6=CC(=O)OC6)CC[C@]45O)[C@@]3(C)[C@H](OC(C)=O)C2)O[C@@H](C)[C@H]1O. The largest absolute Gasteiger partial charge is 0.462 e. The number of carbonyl (C=O) groups excluding carboxylic acids is 2. The monoisotopic (exact) mass is 592 g/mol. The quantitative estimate of drug-likeness (QED) is 0.322. The van der Waals surface area contributed by atoms with Gasteiger partial charge in [0.15, 0.2) is 6.29 Å². The molecule has 0 aromatic heterocycles. The van der Waals surface area contributed by atoms with Gasteiger partial charge in [0, 0.05) is 37.4 Å². The molecule has 4 aliphatic carbocycles. The molecule has 6 aliphatic rings. The standard InChI is InChI=1S/C32H48O10/c1-16-26(35)28(38-5)27(36)29(40-16)42-20-13-19-6-7-23-22(31(19,4)24(14-20)41-17(2)33)8-10-30(3)21(9-11-32(23,30)37)18-12-25(34)39-15-18/h12,16,19-24,26-29,35-37H,6-11,13-15H2,1-5H3/t16-,19+,20+,21+,22-,23+,24+,26+,27+,28+,29-,30+,31-,32-/m0/s1. The number of rotatable bonds is 5. The molecular weight excluding hydrogens is 544 g/mol. The Morgan fingerprint density at radius 3 is 2.48 bits per heavy atom. The molecule has 3 N–H and O–H groups in total. The number of fused-ring (bicyclic) bond motifs is 5. The fourth-order valence-electron chi connectivity index (χ4n) is 10.5. The molecule has 6 rings (SSSR count). The summed E-state index contributed by atoms with van der Waals surface area (Å²) in [5.74, 6) is -0.0945. The molecule has 0 unspecified atom stereocenters. The van der Waals surface area contributed by atoms with E-state index in [2.05, 4.69) is 13.8 Å². The highest BCUT2D eigenvalue weighted by molar-refractivity contribution is 5.85. The number of methoxy groups -OCH3 is 1. The van der Waals surface area contributed by atoms with E-state index in [1.807, 2.05) is 0 Å². The van der Waals surface area contributed by atoms with E-state index in [4.69, 9.17) is 23.7 Å². The minimum atomic E-state index is -1.16. The molecule has 10 heteroatoms. The first-order chi connectivity index (χ1) is 19.8. The number of esters is 2. The average Bonchev–Trinajstić information content (AvgIpc) is 3.47. The molecule has 236 valence electrons. The summed E-state index contributed by atoms with van der Waals surface area (Å²) in [4.78, 5) is 24.3. The van der Waals surface area contributed by atoms with Crippen molar-refractivity contribution in [2.75, 3.05) is 13.7 Å². The van der Waals surface area contributed by atoms with E-state index in [0.717, 1.165) is 44.1 Å². The third-order valence-corrected chi connectivity index (χ3v) is 12.7. The van der Waals surface area contributed by atoms with Crippen molar-refractivity contribution in [3.63, 3.8) is 0 Å². The summed E-state index contributed by atoms with van der Waals surface area (Å²) in [7, 11) is 1.45. The van der Waals surface area contributed by atoms with Crippen molar-refractivity contribution in [3.8, 4) is 0 Å². The molecular formula is C32H48O10.